The van der Waals surface area contributed by atoms with E-state index < -0.39 is 0 Å². The van der Waals surface area contributed by atoms with Crippen LogP contribution in [0.1, 0.15) is 5.56 Å². The zero-order valence-electron chi connectivity index (χ0n) is 16.6. The summed E-state index contributed by atoms with van der Waals surface area (Å²) < 4.78 is 5.34. The number of carbonyl (C=O) groups excluding carboxylic acids is 1. The molecule has 0 aliphatic carbocycles. The minimum absolute atomic E-state index is 0.300. The molecule has 3 rings (SSSR count). The number of morpholine rings is 1. The Labute approximate surface area is 171 Å². The van der Waals surface area contributed by atoms with E-state index >= 15 is 0 Å². The number of ether oxygens (including phenoxy) is 1. The third-order valence-corrected chi connectivity index (χ3v) is 4.63. The number of nitrogens with two attached hydrogens (primary N) is 2. The van der Waals surface area contributed by atoms with Gasteiger partial charge in [0, 0.05) is 42.9 Å². The molecule has 0 radical (unpaired) electrons. The van der Waals surface area contributed by atoms with Gasteiger partial charge in [0.15, 0.2) is 0 Å². The van der Waals surface area contributed by atoms with Crippen molar-refractivity contribution in [3.63, 3.8) is 0 Å². The second-order valence-corrected chi connectivity index (χ2v) is 6.94. The topological polar surface area (TPSA) is 109 Å². The molecule has 0 atom stereocenters. The fourth-order valence-corrected chi connectivity index (χ4v) is 3.03. The number of aryl methyl sites for hydroxylation is 1. The van der Waals surface area contributed by atoms with Crippen LogP contribution in [0.15, 0.2) is 60.4 Å². The van der Waals surface area contributed by atoms with Crippen LogP contribution in [0.4, 0.5) is 21.9 Å². The van der Waals surface area contributed by atoms with Crippen LogP contribution in [0.5, 0.6) is 0 Å². The van der Waals surface area contributed by atoms with Gasteiger partial charge in [-0.15, -0.1) is 0 Å². The van der Waals surface area contributed by atoms with Gasteiger partial charge in [0.05, 0.1) is 18.9 Å². The highest BCUT2D eigenvalue weighted by Crippen LogP contribution is 2.18. The van der Waals surface area contributed by atoms with Crippen LogP contribution < -0.4 is 27.2 Å². The normalized spacial score (nSPS) is 15.0. The summed E-state index contributed by atoms with van der Waals surface area (Å²) in [6.07, 6.45) is 1.71. The molecule has 0 spiro atoms. The molecule has 8 nitrogen and oxygen atoms in total. The van der Waals surface area contributed by atoms with Crippen molar-refractivity contribution in [3.05, 3.63) is 66.0 Å². The first-order valence-electron chi connectivity index (χ1n) is 9.55. The molecular weight excluding hydrogens is 368 g/mol. The Morgan fingerprint density at radius 2 is 1.83 bits per heavy atom. The van der Waals surface area contributed by atoms with Gasteiger partial charge in [-0.1, -0.05) is 18.2 Å². The molecule has 8 heteroatoms. The molecule has 2 aromatic rings. The van der Waals surface area contributed by atoms with Gasteiger partial charge in [-0.05, 0) is 42.8 Å². The molecule has 0 bridgehead atoms. The van der Waals surface area contributed by atoms with Gasteiger partial charge in [-0.25, -0.2) is 10.6 Å². The van der Waals surface area contributed by atoms with E-state index in [-0.39, 0.29) is 6.03 Å². The van der Waals surface area contributed by atoms with Gasteiger partial charge in [-0.2, -0.15) is 0 Å². The number of nitrogens with zero attached hydrogens (tertiary/aromatic N) is 2. The number of benzene rings is 2. The van der Waals surface area contributed by atoms with E-state index in [1.54, 1.807) is 18.3 Å². The molecule has 2 amide bonds. The zero-order valence-corrected chi connectivity index (χ0v) is 16.6. The van der Waals surface area contributed by atoms with Crippen LogP contribution in [-0.2, 0) is 4.74 Å². The molecule has 1 saturated heterocycles. The fourth-order valence-electron chi connectivity index (χ4n) is 3.03. The van der Waals surface area contributed by atoms with Crippen LogP contribution in [0.2, 0.25) is 0 Å². The molecule has 1 heterocycles. The average molecular weight is 396 g/mol. The Bertz CT molecular complexity index is 847. The molecule has 1 aliphatic rings. The van der Waals surface area contributed by atoms with Crippen molar-refractivity contribution in [1.82, 2.24) is 4.90 Å². The van der Waals surface area contributed by atoms with E-state index in [4.69, 9.17) is 16.3 Å². The first kappa shape index (κ1) is 20.7. The summed E-state index contributed by atoms with van der Waals surface area (Å²) in [6, 6.07) is 14.5. The number of urea groups is 1. The molecular formula is C21H28N6O2. The van der Waals surface area contributed by atoms with Crippen molar-refractivity contribution in [2.75, 3.05) is 48.5 Å². The number of hydrogen-bond acceptors (Lipinski definition) is 6. The predicted molar refractivity (Wildman–Crippen MR) is 116 cm³/mol. The minimum atomic E-state index is -0.300. The van der Waals surface area contributed by atoms with Crippen molar-refractivity contribution < 1.29 is 9.53 Å². The zero-order chi connectivity index (χ0) is 20.6. The predicted octanol–water partition coefficient (Wildman–Crippen LogP) is 2.45. The highest BCUT2D eigenvalue weighted by Gasteiger charge is 2.11. The van der Waals surface area contributed by atoms with Gasteiger partial charge in [0.1, 0.15) is 0 Å². The lowest BCUT2D eigenvalue weighted by Crippen LogP contribution is -2.39. The summed E-state index contributed by atoms with van der Waals surface area (Å²) in [6.45, 7) is 5.78. The second kappa shape index (κ2) is 9.92. The van der Waals surface area contributed by atoms with Crippen molar-refractivity contribution in [2.45, 2.75) is 6.92 Å². The lowest BCUT2D eigenvalue weighted by atomic mass is 10.2. The largest absolute Gasteiger partial charge is 0.400 e. The van der Waals surface area contributed by atoms with Crippen molar-refractivity contribution >= 4 is 23.1 Å². The summed E-state index contributed by atoms with van der Waals surface area (Å²) in [5.41, 5.74) is 9.99. The van der Waals surface area contributed by atoms with Crippen LogP contribution >= 0.6 is 0 Å². The van der Waals surface area contributed by atoms with Crippen molar-refractivity contribution in [1.29, 1.82) is 0 Å². The lowest BCUT2D eigenvalue weighted by molar-refractivity contribution is 0.0421. The standard InChI is InChI=1S/C21H28N6O2/c1-16-4-2-3-5-20(16)25-21(28)24-18-6-8-19(9-7-18)27(23)15-17(22)14-26-10-12-29-13-11-26/h2-9,15H,10-14,22-23H2,1H3,(H2,24,25,28)/b17-15-. The number of para-hydroxylation sites is 1. The highest BCUT2D eigenvalue weighted by molar-refractivity contribution is 6.00. The van der Waals surface area contributed by atoms with Gasteiger partial charge in [0.2, 0.25) is 0 Å². The van der Waals surface area contributed by atoms with E-state index in [2.05, 4.69) is 15.5 Å². The molecule has 29 heavy (non-hydrogen) atoms. The quantitative estimate of drug-likeness (QED) is 0.441. The summed E-state index contributed by atoms with van der Waals surface area (Å²) >= 11 is 0. The van der Waals surface area contributed by atoms with E-state index in [1.807, 2.05) is 43.3 Å². The smallest absolute Gasteiger partial charge is 0.323 e. The molecule has 154 valence electrons. The number of nitrogens with one attached hydrogen (secondary N) is 2. The van der Waals surface area contributed by atoms with E-state index in [9.17, 15) is 4.79 Å². The molecule has 2 aromatic carbocycles. The molecule has 6 N–H and O–H groups in total. The van der Waals surface area contributed by atoms with Crippen LogP contribution in [-0.4, -0.2) is 43.8 Å². The summed E-state index contributed by atoms with van der Waals surface area (Å²) in [7, 11) is 0. The van der Waals surface area contributed by atoms with Gasteiger partial charge < -0.3 is 21.1 Å². The van der Waals surface area contributed by atoms with Crippen LogP contribution in [0, 0.1) is 6.92 Å². The molecule has 0 saturated carbocycles. The highest BCUT2D eigenvalue weighted by atomic mass is 16.5. The number of hydrogen-bond donors (Lipinski definition) is 4. The first-order chi connectivity index (χ1) is 14.0. The van der Waals surface area contributed by atoms with E-state index in [1.165, 1.54) is 5.01 Å². The number of rotatable bonds is 6. The Kier molecular flexibility index (Phi) is 7.07. The summed E-state index contributed by atoms with van der Waals surface area (Å²) in [4.78, 5) is 14.4. The van der Waals surface area contributed by atoms with E-state index in [0.717, 1.165) is 43.2 Å². The Morgan fingerprint density at radius 1 is 1.14 bits per heavy atom. The Balaban J connectivity index is 1.54. The Hall–Kier alpha value is -3.07. The van der Waals surface area contributed by atoms with Gasteiger partial charge >= 0.3 is 6.03 Å². The fraction of sp³-hybridized carbons (Fsp3) is 0.286. The first-order valence-corrected chi connectivity index (χ1v) is 9.55. The van der Waals surface area contributed by atoms with Crippen LogP contribution in [0.3, 0.4) is 0 Å². The van der Waals surface area contributed by atoms with Crippen molar-refractivity contribution in [2.24, 2.45) is 11.6 Å². The number of anilines is 3. The third kappa shape index (κ3) is 6.21. The monoisotopic (exact) mass is 396 g/mol. The maximum Gasteiger partial charge on any atom is 0.323 e. The van der Waals surface area contributed by atoms with Crippen LogP contribution in [0.25, 0.3) is 0 Å². The SMILES string of the molecule is Cc1ccccc1NC(=O)Nc1ccc(N(N)/C=C(\N)CN2CCOCC2)cc1. The second-order valence-electron chi connectivity index (χ2n) is 6.94. The molecule has 1 fully saturated rings. The lowest BCUT2D eigenvalue weighted by Gasteiger charge is -2.27. The summed E-state index contributed by atoms with van der Waals surface area (Å²) in [5, 5.41) is 7.13. The third-order valence-electron chi connectivity index (χ3n) is 4.63. The number of hydrazine groups is 1. The average Bonchev–Trinajstić information content (AvgIpc) is 2.71. The maximum atomic E-state index is 12.2. The van der Waals surface area contributed by atoms with Crippen molar-refractivity contribution in [3.8, 4) is 0 Å². The molecule has 0 aromatic heterocycles. The molecule has 1 aliphatic heterocycles. The maximum absolute atomic E-state index is 12.2. The molecule has 0 unspecified atom stereocenters. The Morgan fingerprint density at radius 3 is 2.52 bits per heavy atom. The number of carbonyl (C=O) groups is 1. The summed E-state index contributed by atoms with van der Waals surface area (Å²) in [5.74, 6) is 6.11. The van der Waals surface area contributed by atoms with Gasteiger partial charge in [0.25, 0.3) is 0 Å². The van der Waals surface area contributed by atoms with E-state index in [0.29, 0.717) is 17.9 Å². The number of amides is 2. The van der Waals surface area contributed by atoms with Gasteiger partial charge in [-0.3, -0.25) is 9.91 Å². The minimum Gasteiger partial charge on any atom is -0.400 e.